The first-order chi connectivity index (χ1) is 14.1. The second kappa shape index (κ2) is 12.4. The van der Waals surface area contributed by atoms with Crippen molar-refractivity contribution in [2.75, 3.05) is 58.9 Å². The monoisotopic (exact) mass is 535 g/mol. The fraction of sp³-hybridized carbons (Fsp3) is 0.619. The molecule has 0 atom stereocenters. The fourth-order valence-corrected chi connectivity index (χ4v) is 3.82. The van der Waals surface area contributed by atoms with E-state index in [9.17, 15) is 13.6 Å². The van der Waals surface area contributed by atoms with Crippen molar-refractivity contribution in [3.63, 3.8) is 0 Å². The van der Waals surface area contributed by atoms with Gasteiger partial charge in [-0.05, 0) is 49.9 Å². The summed E-state index contributed by atoms with van der Waals surface area (Å²) in [5, 5.41) is 3.28. The molecule has 2 aliphatic rings. The van der Waals surface area contributed by atoms with Crippen LogP contribution in [0.1, 0.15) is 25.3 Å². The van der Waals surface area contributed by atoms with E-state index in [0.29, 0.717) is 25.1 Å². The van der Waals surface area contributed by atoms with E-state index in [-0.39, 0.29) is 29.9 Å². The Morgan fingerprint density at radius 2 is 1.77 bits per heavy atom. The Bertz CT molecular complexity index is 719. The molecule has 168 valence electrons. The van der Waals surface area contributed by atoms with Crippen LogP contribution in [0.4, 0.5) is 8.78 Å². The first kappa shape index (κ1) is 24.8. The van der Waals surface area contributed by atoms with Crippen molar-refractivity contribution in [2.24, 2.45) is 4.99 Å². The first-order valence-corrected chi connectivity index (χ1v) is 10.5. The SMILES string of the molecule is CCNC(=NCCc1cc(F)ccc1F)N1CCN(CC(=O)N2CCCC2)CC1.I. The van der Waals surface area contributed by atoms with E-state index in [0.717, 1.165) is 76.7 Å². The van der Waals surface area contributed by atoms with Gasteiger partial charge in [-0.25, -0.2) is 8.78 Å². The molecule has 0 bridgehead atoms. The molecule has 3 rings (SSSR count). The number of guanidine groups is 1. The zero-order chi connectivity index (χ0) is 20.6. The van der Waals surface area contributed by atoms with E-state index >= 15 is 0 Å². The maximum atomic E-state index is 13.8. The minimum absolute atomic E-state index is 0. The average molecular weight is 535 g/mol. The number of nitrogens with zero attached hydrogens (tertiary/aromatic N) is 4. The summed E-state index contributed by atoms with van der Waals surface area (Å²) in [6.07, 6.45) is 2.58. The highest BCUT2D eigenvalue weighted by atomic mass is 127. The normalized spacial score (nSPS) is 17.8. The van der Waals surface area contributed by atoms with Gasteiger partial charge in [-0.1, -0.05) is 0 Å². The van der Waals surface area contributed by atoms with Crippen LogP contribution in [0.3, 0.4) is 0 Å². The van der Waals surface area contributed by atoms with Gasteiger partial charge in [-0.2, -0.15) is 0 Å². The lowest BCUT2D eigenvalue weighted by molar-refractivity contribution is -0.131. The van der Waals surface area contributed by atoms with Crippen LogP contribution in [0.15, 0.2) is 23.2 Å². The van der Waals surface area contributed by atoms with Crippen molar-refractivity contribution in [3.05, 3.63) is 35.4 Å². The number of carbonyl (C=O) groups excluding carboxylic acids is 1. The molecule has 1 aromatic rings. The number of aliphatic imine (C=N–C) groups is 1. The number of halogens is 3. The highest BCUT2D eigenvalue weighted by Gasteiger charge is 2.24. The fourth-order valence-electron chi connectivity index (χ4n) is 3.82. The molecule has 9 heteroatoms. The minimum Gasteiger partial charge on any atom is -0.357 e. The lowest BCUT2D eigenvalue weighted by atomic mass is 10.1. The summed E-state index contributed by atoms with van der Waals surface area (Å²) in [4.78, 5) is 23.3. The van der Waals surface area contributed by atoms with Crippen molar-refractivity contribution >= 4 is 35.8 Å². The molecule has 2 aliphatic heterocycles. The molecule has 0 aliphatic carbocycles. The third kappa shape index (κ3) is 7.04. The lowest BCUT2D eigenvalue weighted by Crippen LogP contribution is -2.54. The van der Waals surface area contributed by atoms with E-state index in [1.807, 2.05) is 11.8 Å². The van der Waals surface area contributed by atoms with Crippen molar-refractivity contribution in [3.8, 4) is 0 Å². The summed E-state index contributed by atoms with van der Waals surface area (Å²) in [7, 11) is 0. The number of carbonyl (C=O) groups is 1. The number of likely N-dealkylation sites (tertiary alicyclic amines) is 1. The minimum atomic E-state index is -0.433. The molecule has 2 heterocycles. The van der Waals surface area contributed by atoms with Crippen LogP contribution >= 0.6 is 24.0 Å². The molecule has 2 fully saturated rings. The Morgan fingerprint density at radius 3 is 2.43 bits per heavy atom. The van der Waals surface area contributed by atoms with Gasteiger partial charge in [0.1, 0.15) is 11.6 Å². The van der Waals surface area contributed by atoms with Crippen LogP contribution in [0.5, 0.6) is 0 Å². The van der Waals surface area contributed by atoms with Gasteiger partial charge in [0, 0.05) is 52.4 Å². The standard InChI is InChI=1S/C21H31F2N5O.HI/c1-2-24-21(25-8-7-17-15-18(22)5-6-19(17)23)28-13-11-26(12-14-28)16-20(29)27-9-3-4-10-27;/h5-6,15H,2-4,7-14,16H2,1H3,(H,24,25);1H. The number of hydrogen-bond acceptors (Lipinski definition) is 3. The van der Waals surface area contributed by atoms with E-state index in [4.69, 9.17) is 0 Å². The van der Waals surface area contributed by atoms with Gasteiger partial charge in [0.15, 0.2) is 5.96 Å². The molecule has 1 aromatic carbocycles. The predicted molar refractivity (Wildman–Crippen MR) is 125 cm³/mol. The highest BCUT2D eigenvalue weighted by molar-refractivity contribution is 14.0. The van der Waals surface area contributed by atoms with Crippen LogP contribution in [-0.2, 0) is 11.2 Å². The van der Waals surface area contributed by atoms with Gasteiger partial charge < -0.3 is 15.1 Å². The number of rotatable bonds is 6. The topological polar surface area (TPSA) is 51.2 Å². The maximum absolute atomic E-state index is 13.8. The van der Waals surface area contributed by atoms with Crippen LogP contribution in [0, 0.1) is 11.6 Å². The molecule has 2 saturated heterocycles. The third-order valence-electron chi connectivity index (χ3n) is 5.47. The van der Waals surface area contributed by atoms with Crippen molar-refractivity contribution in [1.82, 2.24) is 20.0 Å². The first-order valence-electron chi connectivity index (χ1n) is 10.5. The van der Waals surface area contributed by atoms with Gasteiger partial charge >= 0.3 is 0 Å². The molecule has 6 nitrogen and oxygen atoms in total. The second-order valence-corrected chi connectivity index (χ2v) is 7.57. The summed E-state index contributed by atoms with van der Waals surface area (Å²) >= 11 is 0. The van der Waals surface area contributed by atoms with E-state index < -0.39 is 11.6 Å². The maximum Gasteiger partial charge on any atom is 0.236 e. The smallest absolute Gasteiger partial charge is 0.236 e. The summed E-state index contributed by atoms with van der Waals surface area (Å²) in [5.41, 5.74) is 0.342. The van der Waals surface area contributed by atoms with Gasteiger partial charge in [0.05, 0.1) is 6.54 Å². The van der Waals surface area contributed by atoms with Crippen molar-refractivity contribution in [1.29, 1.82) is 0 Å². The zero-order valence-corrected chi connectivity index (χ0v) is 19.9. The van der Waals surface area contributed by atoms with Crippen molar-refractivity contribution in [2.45, 2.75) is 26.2 Å². The van der Waals surface area contributed by atoms with E-state index in [1.54, 1.807) is 0 Å². The van der Waals surface area contributed by atoms with Crippen molar-refractivity contribution < 1.29 is 13.6 Å². The largest absolute Gasteiger partial charge is 0.357 e. The molecule has 0 saturated carbocycles. The molecule has 30 heavy (non-hydrogen) atoms. The van der Waals surface area contributed by atoms with Gasteiger partial charge in [-0.3, -0.25) is 14.7 Å². The van der Waals surface area contributed by atoms with E-state index in [1.165, 1.54) is 6.07 Å². The summed E-state index contributed by atoms with van der Waals surface area (Å²) in [6, 6.07) is 3.51. The molecule has 0 spiro atoms. The molecule has 1 N–H and O–H groups in total. The highest BCUT2D eigenvalue weighted by Crippen LogP contribution is 2.11. The van der Waals surface area contributed by atoms with Gasteiger partial charge in [0.2, 0.25) is 5.91 Å². The van der Waals surface area contributed by atoms with Gasteiger partial charge in [0.25, 0.3) is 0 Å². The van der Waals surface area contributed by atoms with Gasteiger partial charge in [-0.15, -0.1) is 24.0 Å². The number of amides is 1. The number of hydrogen-bond donors (Lipinski definition) is 1. The van der Waals surface area contributed by atoms with Crippen LogP contribution in [0.25, 0.3) is 0 Å². The average Bonchev–Trinajstić information content (AvgIpc) is 3.26. The molecular weight excluding hydrogens is 503 g/mol. The molecule has 0 radical (unpaired) electrons. The summed E-state index contributed by atoms with van der Waals surface area (Å²) in [5.74, 6) is 0.184. The molecule has 0 unspecified atom stereocenters. The van der Waals surface area contributed by atoms with Crippen LogP contribution in [0.2, 0.25) is 0 Å². The predicted octanol–water partition coefficient (Wildman–Crippen LogP) is 2.33. The summed E-state index contributed by atoms with van der Waals surface area (Å²) in [6.45, 7) is 8.58. The zero-order valence-electron chi connectivity index (χ0n) is 17.6. The van der Waals surface area contributed by atoms with Crippen LogP contribution in [-0.4, -0.2) is 85.5 Å². The Morgan fingerprint density at radius 1 is 1.07 bits per heavy atom. The molecule has 1 amide bonds. The number of piperazine rings is 1. The quantitative estimate of drug-likeness (QED) is 0.346. The Labute approximate surface area is 194 Å². The Balaban J connectivity index is 0.00000320. The third-order valence-corrected chi connectivity index (χ3v) is 5.47. The Hall–Kier alpha value is -1.49. The Kier molecular flexibility index (Phi) is 10.2. The van der Waals surface area contributed by atoms with E-state index in [2.05, 4.69) is 20.1 Å². The second-order valence-electron chi connectivity index (χ2n) is 7.57. The summed E-state index contributed by atoms with van der Waals surface area (Å²) < 4.78 is 27.1. The molecule has 0 aromatic heterocycles. The number of nitrogens with one attached hydrogen (secondary N) is 1. The molecular formula is C21H32F2IN5O. The van der Waals surface area contributed by atoms with Crippen LogP contribution < -0.4 is 5.32 Å². The number of benzene rings is 1. The lowest BCUT2D eigenvalue weighted by Gasteiger charge is -2.36.